The van der Waals surface area contributed by atoms with Gasteiger partial charge in [-0.3, -0.25) is 9.59 Å². The van der Waals surface area contributed by atoms with Crippen LogP contribution in [0.3, 0.4) is 0 Å². The lowest BCUT2D eigenvalue weighted by Gasteiger charge is -2.21. The van der Waals surface area contributed by atoms with Gasteiger partial charge in [-0.05, 0) is 38.6 Å². The third kappa shape index (κ3) is 9.44. The van der Waals surface area contributed by atoms with E-state index in [0.717, 1.165) is 0 Å². The number of esters is 1. The first-order valence-corrected chi connectivity index (χ1v) is 8.69. The van der Waals surface area contributed by atoms with E-state index in [1.165, 1.54) is 25.8 Å². The van der Waals surface area contributed by atoms with Gasteiger partial charge < -0.3 is 20.3 Å². The topological polar surface area (TPSA) is 118 Å². The molecule has 0 bridgehead atoms. The molecule has 0 rings (SSSR count). The summed E-state index contributed by atoms with van der Waals surface area (Å²) in [5, 5.41) is 2.44. The number of nitrogens with zero attached hydrogens (tertiary/aromatic N) is 2. The first-order chi connectivity index (χ1) is 12.6. The minimum Gasteiger partial charge on any atom is -0.461 e. The molecular formula is C15H25N3O5S. The molecule has 0 aromatic carbocycles. The number of methoxy groups -OCH3 is 1. The van der Waals surface area contributed by atoms with Crippen LogP contribution in [0.25, 0.3) is 5.53 Å². The van der Waals surface area contributed by atoms with Crippen molar-refractivity contribution in [1.82, 2.24) is 5.32 Å². The number of ether oxygens (including phenoxy) is 2. The molecule has 136 valence electrons. The number of thioether (sulfide) groups is 1. The Hall–Kier alpha value is -1.70. The zero-order valence-electron chi connectivity index (χ0n) is 17.0. The van der Waals surface area contributed by atoms with Gasteiger partial charge in [-0.2, -0.15) is 16.6 Å². The van der Waals surface area contributed by atoms with Crippen LogP contribution in [0, 0.1) is 0 Å². The van der Waals surface area contributed by atoms with Crippen molar-refractivity contribution in [3.8, 4) is 0 Å². The predicted molar refractivity (Wildman–Crippen MR) is 90.9 cm³/mol. The van der Waals surface area contributed by atoms with Crippen molar-refractivity contribution in [3.63, 3.8) is 0 Å². The summed E-state index contributed by atoms with van der Waals surface area (Å²) in [7, 11) is 1.36. The standard InChI is InChI=1S/C15H25N3O5S/c1-10(2)23-15(21)12(6-5-11(19)9-17-16)18-14(20)13(22-3)7-8-24-4/h9-10,12-13H,5-8H2,1-4H3,(H,18,20)/t12-,13-/m0/s1/i1D3/t10?,12-,13-. The third-order valence-corrected chi connectivity index (χ3v) is 3.58. The SMILES string of the molecule is [2H]C([2H])([2H])C(C)OC(=O)[C@H](CCC(=O)C=[N+]=[N-])NC(=O)[C@H](CCSC)OC. The van der Waals surface area contributed by atoms with Crippen LogP contribution in [0.1, 0.15) is 37.2 Å². The highest BCUT2D eigenvalue weighted by Crippen LogP contribution is 2.07. The van der Waals surface area contributed by atoms with Crippen molar-refractivity contribution >= 4 is 35.6 Å². The van der Waals surface area contributed by atoms with E-state index in [2.05, 4.69) is 10.1 Å². The molecule has 0 aliphatic heterocycles. The molecule has 0 saturated heterocycles. The lowest BCUT2D eigenvalue weighted by Crippen LogP contribution is -2.47. The van der Waals surface area contributed by atoms with Gasteiger partial charge in [0.05, 0.1) is 6.10 Å². The van der Waals surface area contributed by atoms with Crippen LogP contribution in [0.5, 0.6) is 0 Å². The van der Waals surface area contributed by atoms with Crippen LogP contribution in [0.2, 0.25) is 0 Å². The number of ketones is 1. The second-order valence-electron chi connectivity index (χ2n) is 4.90. The van der Waals surface area contributed by atoms with Crippen molar-refractivity contribution in [1.29, 1.82) is 0 Å². The molecule has 0 saturated carbocycles. The van der Waals surface area contributed by atoms with Gasteiger partial charge in [0.15, 0.2) is 0 Å². The summed E-state index contributed by atoms with van der Waals surface area (Å²) < 4.78 is 31.8. The van der Waals surface area contributed by atoms with Gasteiger partial charge in [-0.1, -0.05) is 0 Å². The minimum atomic E-state index is -2.52. The molecule has 0 aliphatic carbocycles. The van der Waals surface area contributed by atoms with Gasteiger partial charge in [0.2, 0.25) is 11.7 Å². The number of carbonyl (C=O) groups is 3. The smallest absolute Gasteiger partial charge is 0.328 e. The number of hydrogen-bond donors (Lipinski definition) is 1. The van der Waals surface area contributed by atoms with Crippen LogP contribution >= 0.6 is 11.8 Å². The molecule has 24 heavy (non-hydrogen) atoms. The van der Waals surface area contributed by atoms with E-state index in [9.17, 15) is 14.4 Å². The lowest BCUT2D eigenvalue weighted by atomic mass is 10.1. The quantitative estimate of drug-likeness (QED) is 0.238. The first-order valence-electron chi connectivity index (χ1n) is 8.79. The van der Waals surface area contributed by atoms with E-state index in [-0.39, 0.29) is 12.8 Å². The van der Waals surface area contributed by atoms with Crippen molar-refractivity contribution in [2.45, 2.75) is 51.3 Å². The Balaban J connectivity index is 5.15. The molecule has 0 aliphatic rings. The van der Waals surface area contributed by atoms with Crippen LogP contribution in [0.15, 0.2) is 0 Å². The van der Waals surface area contributed by atoms with E-state index in [1.54, 1.807) is 0 Å². The molecule has 1 unspecified atom stereocenters. The summed E-state index contributed by atoms with van der Waals surface area (Å²) >= 11 is 1.52. The van der Waals surface area contributed by atoms with Gasteiger partial charge in [0, 0.05) is 17.6 Å². The largest absolute Gasteiger partial charge is 0.461 e. The Morgan fingerprint density at radius 2 is 2.12 bits per heavy atom. The molecule has 8 nitrogen and oxygen atoms in total. The summed E-state index contributed by atoms with van der Waals surface area (Å²) in [6.45, 7) is -1.30. The first kappa shape index (κ1) is 17.1. The van der Waals surface area contributed by atoms with Gasteiger partial charge >= 0.3 is 12.2 Å². The summed E-state index contributed by atoms with van der Waals surface area (Å²) in [5.74, 6) is -1.46. The van der Waals surface area contributed by atoms with E-state index in [4.69, 9.17) is 19.1 Å². The number of hydrogen-bond acceptors (Lipinski definition) is 6. The maximum Gasteiger partial charge on any atom is 0.328 e. The van der Waals surface area contributed by atoms with Crippen LogP contribution < -0.4 is 5.32 Å². The Kier molecular flexibility index (Phi) is 9.06. The van der Waals surface area contributed by atoms with Gasteiger partial charge in [0.1, 0.15) is 12.1 Å². The molecule has 0 fully saturated rings. The fourth-order valence-electron chi connectivity index (χ4n) is 1.77. The molecular weight excluding hydrogens is 334 g/mol. The number of amides is 1. The Labute approximate surface area is 150 Å². The molecule has 0 aromatic heterocycles. The highest BCUT2D eigenvalue weighted by molar-refractivity contribution is 7.98. The zero-order valence-corrected chi connectivity index (χ0v) is 14.8. The summed E-state index contributed by atoms with van der Waals surface area (Å²) in [5.41, 5.74) is 8.36. The third-order valence-electron chi connectivity index (χ3n) is 2.94. The van der Waals surface area contributed by atoms with Crippen LogP contribution in [0.4, 0.5) is 0 Å². The molecule has 0 heterocycles. The molecule has 0 spiro atoms. The zero-order chi connectivity index (χ0) is 21.0. The average molecular weight is 362 g/mol. The van der Waals surface area contributed by atoms with Gasteiger partial charge in [-0.25, -0.2) is 4.79 Å². The van der Waals surface area contributed by atoms with Crippen molar-refractivity contribution in [2.24, 2.45) is 0 Å². The average Bonchev–Trinajstić information content (AvgIpc) is 2.58. The molecule has 9 heteroatoms. The van der Waals surface area contributed by atoms with Crippen molar-refractivity contribution < 1.29 is 32.8 Å². The lowest BCUT2D eigenvalue weighted by molar-refractivity contribution is -0.152. The summed E-state index contributed by atoms with van der Waals surface area (Å²) in [4.78, 5) is 38.7. The molecule has 3 atom stereocenters. The van der Waals surface area contributed by atoms with Crippen molar-refractivity contribution in [3.05, 3.63) is 5.53 Å². The van der Waals surface area contributed by atoms with E-state index >= 15 is 0 Å². The molecule has 1 N–H and O–H groups in total. The summed E-state index contributed by atoms with van der Waals surface area (Å²) in [6, 6.07) is -1.25. The predicted octanol–water partition coefficient (Wildman–Crippen LogP) is 0.841. The molecule has 0 radical (unpaired) electrons. The number of carbonyl (C=O) groups excluding carboxylic acids is 3. The molecule has 1 amide bonds. The van der Waals surface area contributed by atoms with E-state index in [1.807, 2.05) is 6.26 Å². The number of nitrogens with one attached hydrogen (secondary N) is 1. The van der Waals surface area contributed by atoms with Crippen LogP contribution in [-0.2, 0) is 23.9 Å². The Bertz CT molecular complexity index is 567. The number of Topliss-reactive ketones (excluding diaryl/α,β-unsaturated/α-hetero) is 1. The number of rotatable bonds is 12. The highest BCUT2D eigenvalue weighted by atomic mass is 32.2. The van der Waals surface area contributed by atoms with Gasteiger partial charge in [0.25, 0.3) is 0 Å². The Morgan fingerprint density at radius 3 is 2.67 bits per heavy atom. The second kappa shape index (κ2) is 12.7. The summed E-state index contributed by atoms with van der Waals surface area (Å²) in [6.07, 6.45) is 0.404. The fourth-order valence-corrected chi connectivity index (χ4v) is 2.22. The fraction of sp³-hybridized carbons (Fsp3) is 0.733. The molecule has 0 aromatic rings. The van der Waals surface area contributed by atoms with E-state index < -0.39 is 42.8 Å². The van der Waals surface area contributed by atoms with E-state index in [0.29, 0.717) is 18.4 Å². The maximum absolute atomic E-state index is 12.3. The second-order valence-corrected chi connectivity index (χ2v) is 5.88. The monoisotopic (exact) mass is 362 g/mol. The van der Waals surface area contributed by atoms with Crippen molar-refractivity contribution in [2.75, 3.05) is 19.1 Å². The minimum absolute atomic E-state index is 0.151. The highest BCUT2D eigenvalue weighted by Gasteiger charge is 2.27. The maximum atomic E-state index is 12.3. The normalized spacial score (nSPS) is 16.4. The van der Waals surface area contributed by atoms with Gasteiger partial charge in [-0.15, -0.1) is 0 Å². The Morgan fingerprint density at radius 1 is 1.42 bits per heavy atom. The van der Waals surface area contributed by atoms with Crippen LogP contribution in [-0.4, -0.2) is 66.0 Å².